The van der Waals surface area contributed by atoms with Crippen LogP contribution < -0.4 is 21.9 Å². The molecule has 0 radical (unpaired) electrons. The Balaban J connectivity index is 1.31. The molecule has 240 valence electrons. The molecule has 2 aliphatic rings. The summed E-state index contributed by atoms with van der Waals surface area (Å²) in [6.07, 6.45) is 1.65. The number of esters is 1. The summed E-state index contributed by atoms with van der Waals surface area (Å²) in [6, 6.07) is 4.63. The fourth-order valence-electron chi connectivity index (χ4n) is 5.72. The number of amides is 2. The summed E-state index contributed by atoms with van der Waals surface area (Å²) < 4.78 is 28.1. The maximum absolute atomic E-state index is 14.8. The Hall–Kier alpha value is -5.06. The number of aryl methyl sites for hydroxylation is 1. The molecule has 5 heterocycles. The van der Waals surface area contributed by atoms with Gasteiger partial charge in [0.25, 0.3) is 5.56 Å². The predicted octanol–water partition coefficient (Wildman–Crippen LogP) is -0.168. The van der Waals surface area contributed by atoms with E-state index in [9.17, 15) is 28.7 Å². The summed E-state index contributed by atoms with van der Waals surface area (Å²) in [6.45, 7) is 2.77. The van der Waals surface area contributed by atoms with Gasteiger partial charge in [-0.25, -0.2) is 18.9 Å². The van der Waals surface area contributed by atoms with E-state index < -0.39 is 34.8 Å². The van der Waals surface area contributed by atoms with Crippen molar-refractivity contribution in [2.24, 2.45) is 5.73 Å². The number of hydrogen-bond donors (Lipinski definition) is 4. The van der Waals surface area contributed by atoms with Gasteiger partial charge in [-0.05, 0) is 36.6 Å². The molecule has 0 aliphatic carbocycles. The molecule has 16 heteroatoms. The molecule has 6 rings (SSSR count). The second kappa shape index (κ2) is 12.0. The number of aromatic nitrogens is 5. The number of halogens is 1. The van der Waals surface area contributed by atoms with Gasteiger partial charge in [-0.15, -0.1) is 5.10 Å². The van der Waals surface area contributed by atoms with Crippen molar-refractivity contribution in [2.45, 2.75) is 52.1 Å². The monoisotopic (exact) mass is 634 g/mol. The molecular formula is C30H31FN8O7. The van der Waals surface area contributed by atoms with Crippen LogP contribution in [0.5, 0.6) is 0 Å². The van der Waals surface area contributed by atoms with E-state index in [-0.39, 0.29) is 63.7 Å². The molecule has 46 heavy (non-hydrogen) atoms. The summed E-state index contributed by atoms with van der Waals surface area (Å²) in [7, 11) is 0. The molecule has 0 saturated carbocycles. The average molecular weight is 635 g/mol. The first-order valence-corrected chi connectivity index (χ1v) is 14.5. The van der Waals surface area contributed by atoms with E-state index in [1.165, 1.54) is 10.6 Å². The molecule has 15 nitrogen and oxygen atoms in total. The average Bonchev–Trinajstić information content (AvgIpc) is 3.65. The Bertz CT molecular complexity index is 1970. The number of carbonyl (C=O) groups excluding carboxylic acids is 3. The van der Waals surface area contributed by atoms with E-state index in [0.29, 0.717) is 39.1 Å². The van der Waals surface area contributed by atoms with Gasteiger partial charge in [0.15, 0.2) is 5.60 Å². The van der Waals surface area contributed by atoms with Crippen molar-refractivity contribution >= 4 is 28.7 Å². The second-order valence-electron chi connectivity index (χ2n) is 11.1. The third kappa shape index (κ3) is 5.39. The van der Waals surface area contributed by atoms with Crippen molar-refractivity contribution in [3.05, 3.63) is 74.1 Å². The van der Waals surface area contributed by atoms with Crippen LogP contribution in [0.3, 0.4) is 0 Å². The number of fused-ring (bicyclic) bond motifs is 5. The first kappa shape index (κ1) is 30.9. The number of ether oxygens (including phenoxy) is 2. The van der Waals surface area contributed by atoms with Crippen LogP contribution in [-0.2, 0) is 55.7 Å². The summed E-state index contributed by atoms with van der Waals surface area (Å²) in [5, 5.41) is 25.3. The second-order valence-corrected chi connectivity index (χ2v) is 11.1. The van der Waals surface area contributed by atoms with Crippen molar-refractivity contribution in [2.75, 3.05) is 19.9 Å². The molecule has 2 aliphatic heterocycles. The highest BCUT2D eigenvalue weighted by atomic mass is 19.1. The van der Waals surface area contributed by atoms with E-state index in [1.807, 2.05) is 0 Å². The van der Waals surface area contributed by atoms with Gasteiger partial charge in [0, 0.05) is 22.6 Å². The molecule has 4 aromatic rings. The Labute approximate surface area is 260 Å². The van der Waals surface area contributed by atoms with Gasteiger partial charge < -0.3 is 35.5 Å². The molecule has 5 N–H and O–H groups in total. The van der Waals surface area contributed by atoms with E-state index in [0.717, 1.165) is 5.56 Å². The molecule has 0 unspecified atom stereocenters. The molecular weight excluding hydrogens is 603 g/mol. The van der Waals surface area contributed by atoms with Crippen LogP contribution in [0, 0.1) is 12.7 Å². The lowest BCUT2D eigenvalue weighted by Gasteiger charge is -2.31. The van der Waals surface area contributed by atoms with Gasteiger partial charge in [0.05, 0.1) is 54.8 Å². The number of cyclic esters (lactones) is 1. The number of pyridine rings is 2. The standard InChI is InChI=1S/C30H31FN8O7/c1-3-30(44)21-5-24-27-19(11-39(24)28(42)20(21)12-46-29(30)43)18(17-4-15(2)22(31)6-23(17)35-27)10-38-9-16(36-37-38)8-33-26(41)13-45-14-34-25(40)7-32/h4-6,9,44H,3,7-8,10-14,32H2,1-2H3,(H,33,41)(H,34,40)/t30-/m0/s1. The summed E-state index contributed by atoms with van der Waals surface area (Å²) in [5.74, 6) is -2.11. The molecule has 0 fully saturated rings. The number of hydrogen-bond acceptors (Lipinski definition) is 11. The zero-order valence-corrected chi connectivity index (χ0v) is 25.1. The van der Waals surface area contributed by atoms with Crippen LogP contribution in [0.4, 0.5) is 4.39 Å². The molecule has 1 atom stereocenters. The first-order chi connectivity index (χ1) is 22.0. The van der Waals surface area contributed by atoms with E-state index in [4.69, 9.17) is 20.2 Å². The minimum Gasteiger partial charge on any atom is -0.458 e. The molecule has 0 bridgehead atoms. The lowest BCUT2D eigenvalue weighted by atomic mass is 9.86. The SMILES string of the molecule is CC[C@@]1(O)C(=O)OCc2c1cc1n(c2=O)Cc2c-1nc1cc(F)c(C)cc1c2Cn1cc(CNC(=O)COCNC(=O)CN)nn1. The highest BCUT2D eigenvalue weighted by molar-refractivity contribution is 5.89. The Kier molecular flexibility index (Phi) is 8.10. The minimum atomic E-state index is -1.98. The third-order valence-corrected chi connectivity index (χ3v) is 8.25. The maximum Gasteiger partial charge on any atom is 0.343 e. The number of nitrogens with two attached hydrogens (primary N) is 1. The van der Waals surface area contributed by atoms with E-state index in [2.05, 4.69) is 20.9 Å². The van der Waals surface area contributed by atoms with Gasteiger partial charge in [-0.1, -0.05) is 12.1 Å². The molecule has 3 aromatic heterocycles. The van der Waals surface area contributed by atoms with E-state index in [1.54, 1.807) is 36.9 Å². The molecule has 2 amide bonds. The van der Waals surface area contributed by atoms with Gasteiger partial charge >= 0.3 is 5.97 Å². The van der Waals surface area contributed by atoms with Crippen LogP contribution in [0.15, 0.2) is 29.2 Å². The van der Waals surface area contributed by atoms with Crippen molar-refractivity contribution < 1.29 is 33.4 Å². The fraction of sp³-hybridized carbons (Fsp3) is 0.367. The third-order valence-electron chi connectivity index (χ3n) is 8.25. The largest absolute Gasteiger partial charge is 0.458 e. The topological polar surface area (TPSA) is 206 Å². The lowest BCUT2D eigenvalue weighted by Crippen LogP contribution is -2.44. The highest BCUT2D eigenvalue weighted by Crippen LogP contribution is 2.40. The smallest absolute Gasteiger partial charge is 0.343 e. The van der Waals surface area contributed by atoms with Crippen molar-refractivity contribution in [1.29, 1.82) is 0 Å². The van der Waals surface area contributed by atoms with Crippen molar-refractivity contribution in [1.82, 2.24) is 35.2 Å². The quantitative estimate of drug-likeness (QED) is 0.0902. The van der Waals surface area contributed by atoms with E-state index >= 15 is 0 Å². The van der Waals surface area contributed by atoms with Crippen LogP contribution in [-0.4, -0.2) is 67.3 Å². The Morgan fingerprint density at radius 2 is 2.00 bits per heavy atom. The lowest BCUT2D eigenvalue weighted by molar-refractivity contribution is -0.172. The molecule has 1 aromatic carbocycles. The van der Waals surface area contributed by atoms with Gasteiger partial charge in [0.1, 0.15) is 31.5 Å². The highest BCUT2D eigenvalue weighted by Gasteiger charge is 2.45. The number of benzene rings is 1. The van der Waals surface area contributed by atoms with Crippen LogP contribution in [0.1, 0.15) is 46.9 Å². The van der Waals surface area contributed by atoms with Crippen LogP contribution in [0.2, 0.25) is 0 Å². The van der Waals surface area contributed by atoms with Gasteiger partial charge in [-0.2, -0.15) is 0 Å². The Morgan fingerprint density at radius 1 is 1.20 bits per heavy atom. The summed E-state index contributed by atoms with van der Waals surface area (Å²) >= 11 is 0. The molecule has 0 saturated heterocycles. The van der Waals surface area contributed by atoms with Crippen LogP contribution >= 0.6 is 0 Å². The zero-order chi connectivity index (χ0) is 32.7. The summed E-state index contributed by atoms with van der Waals surface area (Å²) in [5.41, 5.74) is 6.67. The van der Waals surface area contributed by atoms with Gasteiger partial charge in [-0.3, -0.25) is 14.4 Å². The minimum absolute atomic E-state index is 0.00455. The molecule has 0 spiro atoms. The van der Waals surface area contributed by atoms with Gasteiger partial charge in [0.2, 0.25) is 11.8 Å². The predicted molar refractivity (Wildman–Crippen MR) is 158 cm³/mol. The number of nitrogens with zero attached hydrogens (tertiary/aromatic N) is 5. The maximum atomic E-state index is 14.8. The number of aliphatic hydroxyl groups is 1. The number of rotatable bonds is 10. The normalized spacial score (nSPS) is 16.5. The first-order valence-electron chi connectivity index (χ1n) is 14.5. The van der Waals surface area contributed by atoms with Crippen LogP contribution in [0.25, 0.3) is 22.3 Å². The summed E-state index contributed by atoms with van der Waals surface area (Å²) in [4.78, 5) is 54.3. The zero-order valence-electron chi connectivity index (χ0n) is 25.1. The Morgan fingerprint density at radius 3 is 2.76 bits per heavy atom. The van der Waals surface area contributed by atoms with Crippen molar-refractivity contribution in [3.63, 3.8) is 0 Å². The number of nitrogens with one attached hydrogen (secondary N) is 2. The van der Waals surface area contributed by atoms with Crippen molar-refractivity contribution in [3.8, 4) is 11.4 Å². The number of carbonyl (C=O) groups is 3. The fourth-order valence-corrected chi connectivity index (χ4v) is 5.72.